The van der Waals surface area contributed by atoms with E-state index < -0.39 is 0 Å². The highest BCUT2D eigenvalue weighted by Gasteiger charge is 2.18. The van der Waals surface area contributed by atoms with Gasteiger partial charge >= 0.3 is 0 Å². The van der Waals surface area contributed by atoms with Crippen molar-refractivity contribution in [2.24, 2.45) is 11.8 Å². The van der Waals surface area contributed by atoms with Crippen molar-refractivity contribution in [1.82, 2.24) is 5.32 Å². The largest absolute Gasteiger partial charge is 0.353 e. The third-order valence-corrected chi connectivity index (χ3v) is 2.75. The van der Waals surface area contributed by atoms with E-state index in [1.165, 1.54) is 0 Å². The van der Waals surface area contributed by atoms with Crippen molar-refractivity contribution >= 4 is 5.91 Å². The zero-order valence-corrected chi connectivity index (χ0v) is 11.4. The van der Waals surface area contributed by atoms with Crippen LogP contribution in [0.1, 0.15) is 59.8 Å². The highest BCUT2D eigenvalue weighted by molar-refractivity contribution is 5.78. The minimum atomic E-state index is 0.0590. The van der Waals surface area contributed by atoms with E-state index in [4.69, 9.17) is 0 Å². The first kappa shape index (κ1) is 15.5. The van der Waals surface area contributed by atoms with Crippen molar-refractivity contribution in [2.75, 3.05) is 0 Å². The Bertz CT molecular complexity index is 183. The molecular formula is C14H28NO. The van der Waals surface area contributed by atoms with Crippen LogP contribution in [0.2, 0.25) is 0 Å². The standard InChI is InChI=1S/C14H28NO/c1-6-8-13(9-7-2)14(16)15-12(5)10-11(3)4/h11-13H,5-10H2,1-4H3,(H,15,16). The highest BCUT2D eigenvalue weighted by atomic mass is 16.1. The van der Waals surface area contributed by atoms with Crippen LogP contribution in [0, 0.1) is 18.8 Å². The Morgan fingerprint density at radius 2 is 1.69 bits per heavy atom. The van der Waals surface area contributed by atoms with Gasteiger partial charge in [0, 0.05) is 12.0 Å². The van der Waals surface area contributed by atoms with E-state index in [1.54, 1.807) is 0 Å². The quantitative estimate of drug-likeness (QED) is 0.673. The van der Waals surface area contributed by atoms with Gasteiger partial charge in [-0.15, -0.1) is 0 Å². The molecule has 1 unspecified atom stereocenters. The normalized spacial score (nSPS) is 13.2. The molecule has 0 bridgehead atoms. The lowest BCUT2D eigenvalue weighted by atomic mass is 9.96. The number of nitrogens with one attached hydrogen (secondary N) is 1. The molecule has 0 aromatic heterocycles. The second kappa shape index (κ2) is 8.60. The van der Waals surface area contributed by atoms with E-state index in [9.17, 15) is 4.79 Å². The Morgan fingerprint density at radius 3 is 2.06 bits per heavy atom. The van der Waals surface area contributed by atoms with Gasteiger partial charge in [0.1, 0.15) is 0 Å². The molecule has 1 radical (unpaired) electrons. The van der Waals surface area contributed by atoms with Crippen molar-refractivity contribution < 1.29 is 4.79 Å². The molecule has 0 saturated carbocycles. The molecule has 2 heteroatoms. The lowest BCUT2D eigenvalue weighted by Gasteiger charge is -2.20. The number of amides is 1. The minimum absolute atomic E-state index is 0.0590. The highest BCUT2D eigenvalue weighted by Crippen LogP contribution is 2.14. The Kier molecular flexibility index (Phi) is 8.32. The monoisotopic (exact) mass is 226 g/mol. The number of carbonyl (C=O) groups excluding carboxylic acids is 1. The summed E-state index contributed by atoms with van der Waals surface area (Å²) in [6.45, 7) is 12.6. The zero-order chi connectivity index (χ0) is 12.6. The van der Waals surface area contributed by atoms with Gasteiger partial charge in [-0.3, -0.25) is 4.79 Å². The fourth-order valence-corrected chi connectivity index (χ4v) is 2.05. The van der Waals surface area contributed by atoms with Gasteiger partial charge in [0.05, 0.1) is 0 Å². The molecule has 0 aliphatic carbocycles. The third-order valence-electron chi connectivity index (χ3n) is 2.75. The predicted octanol–water partition coefficient (Wildman–Crippen LogP) is 3.57. The maximum atomic E-state index is 12.0. The molecule has 2 nitrogen and oxygen atoms in total. The summed E-state index contributed by atoms with van der Waals surface area (Å²) in [6.07, 6.45) is 5.09. The summed E-state index contributed by atoms with van der Waals surface area (Å²) >= 11 is 0. The number of hydrogen-bond acceptors (Lipinski definition) is 1. The lowest BCUT2D eigenvalue weighted by Crippen LogP contribution is -2.38. The molecule has 0 rings (SSSR count). The first-order valence-corrected chi connectivity index (χ1v) is 6.64. The fraction of sp³-hybridized carbons (Fsp3) is 0.857. The van der Waals surface area contributed by atoms with E-state index in [0.717, 1.165) is 32.1 Å². The van der Waals surface area contributed by atoms with Gasteiger partial charge in [0.25, 0.3) is 0 Å². The number of carbonyl (C=O) groups is 1. The maximum absolute atomic E-state index is 12.0. The van der Waals surface area contributed by atoms with E-state index in [2.05, 4.69) is 39.9 Å². The molecule has 1 amide bonds. The van der Waals surface area contributed by atoms with Gasteiger partial charge in [-0.05, 0) is 32.1 Å². The maximum Gasteiger partial charge on any atom is 0.223 e. The minimum Gasteiger partial charge on any atom is -0.353 e. The smallest absolute Gasteiger partial charge is 0.223 e. The van der Waals surface area contributed by atoms with Crippen molar-refractivity contribution in [1.29, 1.82) is 0 Å². The summed E-state index contributed by atoms with van der Waals surface area (Å²) < 4.78 is 0. The Balaban J connectivity index is 4.07. The topological polar surface area (TPSA) is 29.1 Å². The van der Waals surface area contributed by atoms with Crippen LogP contribution in [0.15, 0.2) is 0 Å². The van der Waals surface area contributed by atoms with Gasteiger partial charge in [-0.1, -0.05) is 40.5 Å². The van der Waals surface area contributed by atoms with E-state index >= 15 is 0 Å². The van der Waals surface area contributed by atoms with Crippen molar-refractivity contribution in [3.8, 4) is 0 Å². The third kappa shape index (κ3) is 6.86. The molecule has 0 aromatic carbocycles. The van der Waals surface area contributed by atoms with Crippen LogP contribution in [-0.4, -0.2) is 11.9 Å². The summed E-state index contributed by atoms with van der Waals surface area (Å²) in [5.74, 6) is 0.967. The lowest BCUT2D eigenvalue weighted by molar-refractivity contribution is -0.126. The van der Waals surface area contributed by atoms with Gasteiger partial charge in [-0.2, -0.15) is 0 Å². The molecule has 16 heavy (non-hydrogen) atoms. The molecule has 0 spiro atoms. The summed E-state index contributed by atoms with van der Waals surface area (Å²) in [5, 5.41) is 3.03. The van der Waals surface area contributed by atoms with Crippen LogP contribution in [0.3, 0.4) is 0 Å². The molecule has 0 aliphatic rings. The number of rotatable bonds is 8. The molecule has 0 fully saturated rings. The first-order chi connectivity index (χ1) is 7.51. The van der Waals surface area contributed by atoms with Crippen molar-refractivity contribution in [3.63, 3.8) is 0 Å². The van der Waals surface area contributed by atoms with Crippen LogP contribution in [-0.2, 0) is 4.79 Å². The second-order valence-electron chi connectivity index (χ2n) is 5.11. The molecule has 0 saturated heterocycles. The molecule has 95 valence electrons. The van der Waals surface area contributed by atoms with Crippen LogP contribution in [0.25, 0.3) is 0 Å². The molecule has 1 N–H and O–H groups in total. The van der Waals surface area contributed by atoms with Crippen LogP contribution in [0.5, 0.6) is 0 Å². The fourth-order valence-electron chi connectivity index (χ4n) is 2.05. The summed E-state index contributed by atoms with van der Waals surface area (Å²) in [6, 6.07) is 0.0590. The van der Waals surface area contributed by atoms with Crippen LogP contribution >= 0.6 is 0 Å². The number of hydrogen-bond donors (Lipinski definition) is 1. The van der Waals surface area contributed by atoms with Crippen molar-refractivity contribution in [3.05, 3.63) is 6.92 Å². The van der Waals surface area contributed by atoms with Gasteiger partial charge in [0.15, 0.2) is 0 Å². The van der Waals surface area contributed by atoms with Gasteiger partial charge in [-0.25, -0.2) is 0 Å². The Hall–Kier alpha value is -0.530. The van der Waals surface area contributed by atoms with E-state index in [1.807, 2.05) is 0 Å². The Morgan fingerprint density at radius 1 is 1.19 bits per heavy atom. The molecule has 0 aromatic rings. The van der Waals surface area contributed by atoms with Gasteiger partial charge in [0.2, 0.25) is 5.91 Å². The van der Waals surface area contributed by atoms with Crippen LogP contribution < -0.4 is 5.32 Å². The average Bonchev–Trinajstić information content (AvgIpc) is 2.15. The summed E-state index contributed by atoms with van der Waals surface area (Å²) in [4.78, 5) is 12.0. The SMILES string of the molecule is [CH2]C(CC(C)C)NC(=O)C(CCC)CCC. The van der Waals surface area contributed by atoms with Gasteiger partial charge < -0.3 is 5.32 Å². The average molecular weight is 226 g/mol. The summed E-state index contributed by atoms with van der Waals surface area (Å²) in [5.41, 5.74) is 0. The van der Waals surface area contributed by atoms with E-state index in [0.29, 0.717) is 5.92 Å². The Labute approximate surface area is 101 Å². The summed E-state index contributed by atoms with van der Waals surface area (Å²) in [7, 11) is 0. The molecular weight excluding hydrogens is 198 g/mol. The van der Waals surface area contributed by atoms with Crippen molar-refractivity contribution in [2.45, 2.75) is 65.8 Å². The zero-order valence-electron chi connectivity index (χ0n) is 11.4. The molecule has 0 aliphatic heterocycles. The van der Waals surface area contributed by atoms with Crippen LogP contribution in [0.4, 0.5) is 0 Å². The predicted molar refractivity (Wildman–Crippen MR) is 70.0 cm³/mol. The second-order valence-corrected chi connectivity index (χ2v) is 5.11. The first-order valence-electron chi connectivity index (χ1n) is 6.64. The molecule has 1 atom stereocenters. The van der Waals surface area contributed by atoms with E-state index in [-0.39, 0.29) is 17.9 Å². The molecule has 0 heterocycles.